The molecule has 2 aromatic rings. The molecule has 0 aromatic heterocycles. The van der Waals surface area contributed by atoms with Crippen LogP contribution >= 0.6 is 0 Å². The molecule has 2 amide bonds. The summed E-state index contributed by atoms with van der Waals surface area (Å²) in [6.07, 6.45) is 0.257. The van der Waals surface area contributed by atoms with E-state index in [9.17, 15) is 9.59 Å². The van der Waals surface area contributed by atoms with Crippen molar-refractivity contribution in [3.8, 4) is 5.75 Å². The van der Waals surface area contributed by atoms with E-state index in [1.807, 2.05) is 69.3 Å². The summed E-state index contributed by atoms with van der Waals surface area (Å²) in [5, 5.41) is 2.94. The van der Waals surface area contributed by atoms with Crippen LogP contribution in [-0.2, 0) is 22.6 Å². The van der Waals surface area contributed by atoms with Crippen molar-refractivity contribution in [3.05, 3.63) is 65.2 Å². The molecule has 0 spiro atoms. The van der Waals surface area contributed by atoms with Crippen molar-refractivity contribution in [2.45, 2.75) is 46.7 Å². The van der Waals surface area contributed by atoms with Gasteiger partial charge in [0.1, 0.15) is 11.8 Å². The Hall–Kier alpha value is -2.82. The van der Waals surface area contributed by atoms with Gasteiger partial charge in [-0.25, -0.2) is 0 Å². The molecule has 0 aliphatic rings. The first-order valence-corrected chi connectivity index (χ1v) is 10.1. The number of aryl methyl sites for hydroxylation is 1. The second-order valence-corrected chi connectivity index (χ2v) is 7.85. The smallest absolute Gasteiger partial charge is 0.242 e. The molecule has 0 saturated carbocycles. The molecule has 5 nitrogen and oxygen atoms in total. The third-order valence-electron chi connectivity index (χ3n) is 4.78. The highest BCUT2D eigenvalue weighted by atomic mass is 16.5. The maximum atomic E-state index is 13.2. The monoisotopic (exact) mass is 396 g/mol. The SMILES string of the molecule is COc1cccc(CN(C(=O)Cc2cccc(C)c2)[C@H](C)C(=O)NCC(C)C)c1. The number of carbonyl (C=O) groups is 2. The van der Waals surface area contributed by atoms with Gasteiger partial charge >= 0.3 is 0 Å². The van der Waals surface area contributed by atoms with Gasteiger partial charge in [0.05, 0.1) is 13.5 Å². The van der Waals surface area contributed by atoms with Gasteiger partial charge in [-0.15, -0.1) is 0 Å². The molecule has 0 radical (unpaired) electrons. The van der Waals surface area contributed by atoms with Crippen molar-refractivity contribution in [2.75, 3.05) is 13.7 Å². The molecule has 5 heteroatoms. The first kappa shape index (κ1) is 22.5. The average molecular weight is 397 g/mol. The van der Waals surface area contributed by atoms with Gasteiger partial charge in [0.25, 0.3) is 0 Å². The number of hydrogen-bond acceptors (Lipinski definition) is 3. The van der Waals surface area contributed by atoms with Gasteiger partial charge in [-0.1, -0.05) is 55.8 Å². The van der Waals surface area contributed by atoms with Gasteiger partial charge in [0, 0.05) is 13.1 Å². The number of ether oxygens (including phenoxy) is 1. The summed E-state index contributed by atoms with van der Waals surface area (Å²) in [5.41, 5.74) is 2.98. The molecule has 0 unspecified atom stereocenters. The Morgan fingerprint density at radius 2 is 1.72 bits per heavy atom. The predicted molar refractivity (Wildman–Crippen MR) is 116 cm³/mol. The van der Waals surface area contributed by atoms with Crippen molar-refractivity contribution in [1.29, 1.82) is 0 Å². The van der Waals surface area contributed by atoms with Crippen molar-refractivity contribution in [3.63, 3.8) is 0 Å². The fourth-order valence-electron chi connectivity index (χ4n) is 3.10. The number of nitrogens with one attached hydrogen (secondary N) is 1. The third-order valence-corrected chi connectivity index (χ3v) is 4.78. The molecule has 29 heavy (non-hydrogen) atoms. The van der Waals surface area contributed by atoms with Crippen LogP contribution in [0.15, 0.2) is 48.5 Å². The lowest BCUT2D eigenvalue weighted by Crippen LogP contribution is -2.48. The largest absolute Gasteiger partial charge is 0.497 e. The maximum Gasteiger partial charge on any atom is 0.242 e. The van der Waals surface area contributed by atoms with Gasteiger partial charge < -0.3 is 15.0 Å². The molecular formula is C24H32N2O3. The van der Waals surface area contributed by atoms with Gasteiger partial charge in [-0.3, -0.25) is 9.59 Å². The number of methoxy groups -OCH3 is 1. The normalized spacial score (nSPS) is 11.8. The zero-order valence-corrected chi connectivity index (χ0v) is 18.1. The Morgan fingerprint density at radius 1 is 1.03 bits per heavy atom. The van der Waals surface area contributed by atoms with Crippen molar-refractivity contribution in [2.24, 2.45) is 5.92 Å². The summed E-state index contributed by atoms with van der Waals surface area (Å²) in [4.78, 5) is 27.5. The Labute approximate surface area is 174 Å². The molecule has 156 valence electrons. The molecule has 2 aromatic carbocycles. The van der Waals surface area contributed by atoms with E-state index in [4.69, 9.17) is 4.74 Å². The maximum absolute atomic E-state index is 13.2. The van der Waals surface area contributed by atoms with Crippen LogP contribution in [0.5, 0.6) is 5.75 Å². The van der Waals surface area contributed by atoms with Gasteiger partial charge in [0.15, 0.2) is 0 Å². The molecule has 1 N–H and O–H groups in total. The molecule has 2 rings (SSSR count). The molecular weight excluding hydrogens is 364 g/mol. The Morgan fingerprint density at radius 3 is 2.38 bits per heavy atom. The average Bonchev–Trinajstić information content (AvgIpc) is 2.69. The van der Waals surface area contributed by atoms with Gasteiger partial charge in [-0.05, 0) is 43.0 Å². The van der Waals surface area contributed by atoms with Crippen LogP contribution in [0, 0.1) is 12.8 Å². The lowest BCUT2D eigenvalue weighted by atomic mass is 10.1. The summed E-state index contributed by atoms with van der Waals surface area (Å²) in [6.45, 7) is 8.80. The van der Waals surface area contributed by atoms with Crippen molar-refractivity contribution in [1.82, 2.24) is 10.2 Å². The summed E-state index contributed by atoms with van der Waals surface area (Å²) in [7, 11) is 1.61. The quantitative estimate of drug-likeness (QED) is 0.703. The van der Waals surface area contributed by atoms with Crippen molar-refractivity contribution >= 4 is 11.8 Å². The fraction of sp³-hybridized carbons (Fsp3) is 0.417. The van der Waals surface area contributed by atoms with Crippen LogP contribution in [-0.4, -0.2) is 36.4 Å². The highest BCUT2D eigenvalue weighted by Gasteiger charge is 2.26. The summed E-state index contributed by atoms with van der Waals surface area (Å²) in [5.74, 6) is 0.858. The van der Waals surface area contributed by atoms with E-state index in [0.29, 0.717) is 19.0 Å². The van der Waals surface area contributed by atoms with E-state index in [1.165, 1.54) is 0 Å². The van der Waals surface area contributed by atoms with E-state index in [2.05, 4.69) is 5.32 Å². The number of amides is 2. The van der Waals surface area contributed by atoms with Crippen LogP contribution < -0.4 is 10.1 Å². The minimum Gasteiger partial charge on any atom is -0.497 e. The Bertz CT molecular complexity index is 832. The lowest BCUT2D eigenvalue weighted by molar-refractivity contribution is -0.140. The highest BCUT2D eigenvalue weighted by molar-refractivity contribution is 5.88. The second kappa shape index (κ2) is 10.6. The molecule has 0 aliphatic heterocycles. The highest BCUT2D eigenvalue weighted by Crippen LogP contribution is 2.17. The second-order valence-electron chi connectivity index (χ2n) is 7.85. The standard InChI is InChI=1S/C24H32N2O3/c1-17(2)15-25-24(28)19(4)26(16-21-10-7-11-22(13-21)29-5)23(27)14-20-9-6-8-18(3)12-20/h6-13,17,19H,14-16H2,1-5H3,(H,25,28)/t19-/m1/s1. The molecule has 0 saturated heterocycles. The van der Waals surface area contributed by atoms with Crippen LogP contribution in [0.2, 0.25) is 0 Å². The molecule has 1 atom stereocenters. The fourth-order valence-corrected chi connectivity index (χ4v) is 3.10. The minimum atomic E-state index is -0.572. The molecule has 0 bridgehead atoms. The zero-order valence-electron chi connectivity index (χ0n) is 18.1. The van der Waals surface area contributed by atoms with E-state index in [-0.39, 0.29) is 18.2 Å². The van der Waals surface area contributed by atoms with E-state index in [1.54, 1.807) is 18.9 Å². The van der Waals surface area contributed by atoms with Crippen LogP contribution in [0.4, 0.5) is 0 Å². The van der Waals surface area contributed by atoms with E-state index in [0.717, 1.165) is 22.4 Å². The number of carbonyl (C=O) groups excluding carboxylic acids is 2. The van der Waals surface area contributed by atoms with E-state index >= 15 is 0 Å². The number of rotatable bonds is 9. The summed E-state index contributed by atoms with van der Waals surface area (Å²) < 4.78 is 5.30. The molecule has 0 fully saturated rings. The van der Waals surface area contributed by atoms with Crippen LogP contribution in [0.25, 0.3) is 0 Å². The summed E-state index contributed by atoms with van der Waals surface area (Å²) in [6, 6.07) is 14.9. The van der Waals surface area contributed by atoms with Gasteiger partial charge in [-0.2, -0.15) is 0 Å². The predicted octanol–water partition coefficient (Wildman–Crippen LogP) is 3.74. The Kier molecular flexibility index (Phi) is 8.25. The number of nitrogens with zero attached hydrogens (tertiary/aromatic N) is 1. The van der Waals surface area contributed by atoms with Gasteiger partial charge in [0.2, 0.25) is 11.8 Å². The first-order chi connectivity index (χ1) is 13.8. The Balaban J connectivity index is 2.23. The van der Waals surface area contributed by atoms with Crippen LogP contribution in [0.3, 0.4) is 0 Å². The number of hydrogen-bond donors (Lipinski definition) is 1. The lowest BCUT2D eigenvalue weighted by Gasteiger charge is -2.29. The first-order valence-electron chi connectivity index (χ1n) is 10.1. The van der Waals surface area contributed by atoms with E-state index < -0.39 is 6.04 Å². The topological polar surface area (TPSA) is 58.6 Å². The van der Waals surface area contributed by atoms with Crippen LogP contribution in [0.1, 0.15) is 37.5 Å². The summed E-state index contributed by atoms with van der Waals surface area (Å²) >= 11 is 0. The minimum absolute atomic E-state index is 0.0781. The molecule has 0 aliphatic carbocycles. The van der Waals surface area contributed by atoms with Crippen molar-refractivity contribution < 1.29 is 14.3 Å². The molecule has 0 heterocycles. The zero-order chi connectivity index (χ0) is 21.4. The third kappa shape index (κ3) is 6.93. The number of benzene rings is 2.